The van der Waals surface area contributed by atoms with Gasteiger partial charge in [0.25, 0.3) is 11.8 Å². The van der Waals surface area contributed by atoms with Gasteiger partial charge >= 0.3 is 11.9 Å². The molecule has 0 bridgehead atoms. The normalized spacial score (nSPS) is 10.9. The largest absolute Gasteiger partial charge is 0.478 e. The van der Waals surface area contributed by atoms with E-state index in [9.17, 15) is 29.4 Å². The highest BCUT2D eigenvalue weighted by atomic mass is 19.1. The lowest BCUT2D eigenvalue weighted by molar-refractivity contribution is 0.0686. The molecule has 0 aliphatic carbocycles. The summed E-state index contributed by atoms with van der Waals surface area (Å²) in [5.41, 5.74) is -0.549. The average Bonchev–Trinajstić information content (AvgIpc) is 3.83. The van der Waals surface area contributed by atoms with Gasteiger partial charge in [-0.1, -0.05) is 0 Å². The van der Waals surface area contributed by atoms with Crippen molar-refractivity contribution in [2.45, 2.75) is 19.3 Å². The Morgan fingerprint density at radius 2 is 1.31 bits per heavy atom. The first-order valence-electron chi connectivity index (χ1n) is 15.4. The van der Waals surface area contributed by atoms with Gasteiger partial charge in [-0.2, -0.15) is 5.10 Å². The third kappa shape index (κ3) is 7.49. The van der Waals surface area contributed by atoms with Gasteiger partial charge in [0, 0.05) is 25.6 Å². The van der Waals surface area contributed by atoms with Crippen molar-refractivity contribution in [3.63, 3.8) is 0 Å². The van der Waals surface area contributed by atoms with E-state index in [0.717, 1.165) is 12.1 Å². The number of aryl methyl sites for hydroxylation is 3. The molecule has 0 fully saturated rings. The molecule has 262 valence electrons. The van der Waals surface area contributed by atoms with Crippen LogP contribution in [0.15, 0.2) is 79.5 Å². The lowest BCUT2D eigenvalue weighted by Crippen LogP contribution is -2.18. The van der Waals surface area contributed by atoms with Crippen molar-refractivity contribution in [1.82, 2.24) is 39.7 Å². The average molecular weight is 709 g/mol. The quantitative estimate of drug-likeness (QED) is 0.141. The minimum Gasteiger partial charge on any atom is -0.478 e. The highest BCUT2D eigenvalue weighted by molar-refractivity contribution is 6.07. The van der Waals surface area contributed by atoms with Crippen LogP contribution >= 0.6 is 0 Å². The summed E-state index contributed by atoms with van der Waals surface area (Å²) in [5.74, 6) is -5.93. The molecule has 0 atom stereocenters. The van der Waals surface area contributed by atoms with E-state index < -0.39 is 46.5 Å². The monoisotopic (exact) mass is 708 g/mol. The molecule has 0 aliphatic heterocycles. The molecule has 18 heteroatoms. The van der Waals surface area contributed by atoms with Crippen molar-refractivity contribution >= 4 is 35.1 Å². The van der Waals surface area contributed by atoms with Crippen LogP contribution in [0.3, 0.4) is 0 Å². The van der Waals surface area contributed by atoms with Gasteiger partial charge < -0.3 is 20.8 Å². The zero-order valence-electron chi connectivity index (χ0n) is 27.0. The molecule has 52 heavy (non-hydrogen) atoms. The Bertz CT molecular complexity index is 2310. The number of carboxylic acid groups (broad SMARTS) is 2. The van der Waals surface area contributed by atoms with Crippen molar-refractivity contribution in [2.75, 3.05) is 10.6 Å². The van der Waals surface area contributed by atoms with E-state index in [2.05, 4.69) is 41.1 Å². The van der Waals surface area contributed by atoms with E-state index in [-0.39, 0.29) is 53.2 Å². The number of amides is 2. The Balaban J connectivity index is 1.16. The summed E-state index contributed by atoms with van der Waals surface area (Å²) in [6.07, 6.45) is 6.26. The summed E-state index contributed by atoms with van der Waals surface area (Å²) < 4.78 is 33.3. The molecule has 2 amide bonds. The second-order valence-electron chi connectivity index (χ2n) is 11.2. The van der Waals surface area contributed by atoms with Crippen molar-refractivity contribution in [3.8, 4) is 17.2 Å². The number of imidazole rings is 1. The molecule has 0 spiro atoms. The molecule has 6 aromatic rings. The zero-order valence-corrected chi connectivity index (χ0v) is 27.0. The van der Waals surface area contributed by atoms with E-state index in [1.54, 1.807) is 40.8 Å². The Labute approximate surface area is 291 Å². The molecule has 2 aromatic carbocycles. The van der Waals surface area contributed by atoms with Crippen LogP contribution in [0.5, 0.6) is 0 Å². The predicted molar refractivity (Wildman–Crippen MR) is 178 cm³/mol. The summed E-state index contributed by atoms with van der Waals surface area (Å²) in [7, 11) is 1.71. The third-order valence-corrected chi connectivity index (χ3v) is 7.86. The van der Waals surface area contributed by atoms with E-state index in [0.29, 0.717) is 17.2 Å². The smallest absolute Gasteiger partial charge is 0.337 e. The fourth-order valence-corrected chi connectivity index (χ4v) is 5.22. The molecular formula is C34H26F2N10O6. The lowest BCUT2D eigenvalue weighted by Gasteiger charge is -2.13. The van der Waals surface area contributed by atoms with Crippen molar-refractivity contribution in [1.29, 1.82) is 0 Å². The molecule has 0 unspecified atom stereocenters. The van der Waals surface area contributed by atoms with Crippen LogP contribution in [0.1, 0.15) is 59.2 Å². The Hall–Kier alpha value is -7.24. The number of nitrogens with one attached hydrogen (secondary N) is 2. The number of anilines is 2. The number of aromatic carboxylic acids is 2. The number of aromatic nitrogens is 8. The van der Waals surface area contributed by atoms with Gasteiger partial charge in [0.05, 0.1) is 28.2 Å². The van der Waals surface area contributed by atoms with Crippen LogP contribution in [0, 0.1) is 11.6 Å². The number of rotatable bonds is 12. The van der Waals surface area contributed by atoms with Gasteiger partial charge in [-0.15, -0.1) is 20.4 Å². The Morgan fingerprint density at radius 1 is 0.731 bits per heavy atom. The number of carbonyl (C=O) groups excluding carboxylic acids is 2. The topological polar surface area (TPSA) is 220 Å². The third-order valence-electron chi connectivity index (χ3n) is 7.86. The van der Waals surface area contributed by atoms with Crippen molar-refractivity contribution in [2.24, 2.45) is 7.05 Å². The molecule has 0 aliphatic rings. The summed E-state index contributed by atoms with van der Waals surface area (Å²) >= 11 is 0. The SMILES string of the molecule is Cn1nccc1-c1ccc(C(=O)Nc2cc(CCCc3cc(NC(=O)c4ccc(-n5ccnc5)nn4)c(C(=O)O)cc3F)c(F)cc2C(=O)O)nn1. The summed E-state index contributed by atoms with van der Waals surface area (Å²) in [6.45, 7) is 0. The minimum atomic E-state index is -1.49. The maximum absolute atomic E-state index is 15.1. The van der Waals surface area contributed by atoms with Crippen LogP contribution < -0.4 is 10.6 Å². The predicted octanol–water partition coefficient (Wildman–Crippen LogP) is 4.21. The van der Waals surface area contributed by atoms with E-state index in [1.165, 1.54) is 42.9 Å². The summed E-state index contributed by atoms with van der Waals surface area (Å²) in [6, 6.07) is 11.4. The first-order chi connectivity index (χ1) is 25.0. The van der Waals surface area contributed by atoms with Gasteiger partial charge in [-0.3, -0.25) is 18.8 Å². The molecule has 4 aromatic heterocycles. The molecule has 0 saturated carbocycles. The Morgan fingerprint density at radius 3 is 1.75 bits per heavy atom. The van der Waals surface area contributed by atoms with Crippen LogP contribution in [-0.4, -0.2) is 73.7 Å². The molecular weight excluding hydrogens is 682 g/mol. The number of hydrogen-bond acceptors (Lipinski definition) is 10. The first-order valence-corrected chi connectivity index (χ1v) is 15.4. The number of carboxylic acids is 2. The molecule has 16 nitrogen and oxygen atoms in total. The minimum absolute atomic E-state index is 0.0195. The van der Waals surface area contributed by atoms with Crippen LogP contribution in [0.2, 0.25) is 0 Å². The molecule has 6 rings (SSSR count). The van der Waals surface area contributed by atoms with Crippen molar-refractivity contribution < 1.29 is 38.2 Å². The molecule has 4 heterocycles. The van der Waals surface area contributed by atoms with Crippen molar-refractivity contribution in [3.05, 3.63) is 125 Å². The second-order valence-corrected chi connectivity index (χ2v) is 11.2. The first kappa shape index (κ1) is 34.6. The fraction of sp³-hybridized carbons (Fsp3) is 0.118. The highest BCUT2D eigenvalue weighted by Gasteiger charge is 2.21. The van der Waals surface area contributed by atoms with Crippen LogP contribution in [0.25, 0.3) is 17.2 Å². The van der Waals surface area contributed by atoms with E-state index in [4.69, 9.17) is 0 Å². The fourth-order valence-electron chi connectivity index (χ4n) is 5.22. The number of halogens is 2. The highest BCUT2D eigenvalue weighted by Crippen LogP contribution is 2.26. The zero-order chi connectivity index (χ0) is 36.9. The maximum atomic E-state index is 15.1. The molecule has 4 N–H and O–H groups in total. The summed E-state index contributed by atoms with van der Waals surface area (Å²) in [4.78, 5) is 53.6. The second kappa shape index (κ2) is 14.7. The van der Waals surface area contributed by atoms with Crippen LogP contribution in [-0.2, 0) is 19.9 Å². The number of hydrogen-bond donors (Lipinski definition) is 4. The maximum Gasteiger partial charge on any atom is 0.337 e. The van der Waals surface area contributed by atoms with Gasteiger partial charge in [-0.05, 0) is 85.0 Å². The Kier molecular flexibility index (Phi) is 9.79. The standard InChI is InChI=1S/C34H26F2N10O6/c1-45-29(9-10-38-45)24-5-6-25(42-41-24)31(47)39-27-13-18(22(35)15-20(27)33(49)50)3-2-4-19-14-28(21(34(51)52)16-23(19)36)40-32(48)26-7-8-30(44-43-26)46-12-11-37-17-46/h5-17H,2-4H2,1H3,(H,39,47)(H,40,48)(H,49,50)(H,51,52). The van der Waals surface area contributed by atoms with Gasteiger partial charge in [-0.25, -0.2) is 23.4 Å². The van der Waals surface area contributed by atoms with E-state index >= 15 is 8.78 Å². The van der Waals surface area contributed by atoms with Gasteiger partial charge in [0.2, 0.25) is 0 Å². The van der Waals surface area contributed by atoms with Crippen LogP contribution in [0.4, 0.5) is 20.2 Å². The number of benzene rings is 2. The lowest BCUT2D eigenvalue weighted by atomic mass is 9.99. The number of carbonyl (C=O) groups is 4. The van der Waals surface area contributed by atoms with Gasteiger partial charge in [0.15, 0.2) is 17.2 Å². The number of nitrogens with zero attached hydrogens (tertiary/aromatic N) is 8. The molecule has 0 saturated heterocycles. The summed E-state index contributed by atoms with van der Waals surface area (Å²) in [5, 5.41) is 44.1. The van der Waals surface area contributed by atoms with E-state index in [1.807, 2.05) is 0 Å². The molecule has 0 radical (unpaired) electrons. The van der Waals surface area contributed by atoms with Gasteiger partial charge in [0.1, 0.15) is 23.7 Å².